The molecule has 0 aromatic heterocycles. The SMILES string of the molecule is C.CCCOC(=O)OCOC. The number of carbonyl (C=O) groups is 1. The van der Waals surface area contributed by atoms with Gasteiger partial charge in [-0.1, -0.05) is 14.4 Å². The maximum absolute atomic E-state index is 10.4. The minimum atomic E-state index is -0.677. The highest BCUT2D eigenvalue weighted by molar-refractivity contribution is 5.59. The van der Waals surface area contributed by atoms with Gasteiger partial charge < -0.3 is 14.2 Å². The fourth-order valence-corrected chi connectivity index (χ4v) is 0.334. The van der Waals surface area contributed by atoms with Crippen LogP contribution in [0.5, 0.6) is 0 Å². The summed E-state index contributed by atoms with van der Waals surface area (Å²) < 4.78 is 13.4. The number of carbonyl (C=O) groups excluding carboxylic acids is 1. The van der Waals surface area contributed by atoms with Crippen molar-refractivity contribution >= 4 is 6.16 Å². The summed E-state index contributed by atoms with van der Waals surface area (Å²) in [6, 6.07) is 0. The lowest BCUT2D eigenvalue weighted by atomic mass is 10.5. The Morgan fingerprint density at radius 3 is 2.45 bits per heavy atom. The van der Waals surface area contributed by atoms with Crippen molar-refractivity contribution in [1.29, 1.82) is 0 Å². The van der Waals surface area contributed by atoms with Crippen LogP contribution in [0.1, 0.15) is 20.8 Å². The highest BCUT2D eigenvalue weighted by Crippen LogP contribution is 1.86. The number of hydrogen-bond donors (Lipinski definition) is 0. The average Bonchev–Trinajstić information content (AvgIpc) is 1.97. The summed E-state index contributed by atoms with van der Waals surface area (Å²) in [5.74, 6) is 0. The van der Waals surface area contributed by atoms with Crippen molar-refractivity contribution in [3.05, 3.63) is 0 Å². The van der Waals surface area contributed by atoms with E-state index in [0.717, 1.165) is 6.42 Å². The van der Waals surface area contributed by atoms with E-state index in [1.807, 2.05) is 6.92 Å². The van der Waals surface area contributed by atoms with Crippen molar-refractivity contribution in [2.75, 3.05) is 20.5 Å². The Morgan fingerprint density at radius 2 is 2.00 bits per heavy atom. The lowest BCUT2D eigenvalue weighted by molar-refractivity contribution is -0.0260. The van der Waals surface area contributed by atoms with Crippen LogP contribution in [0.3, 0.4) is 0 Å². The molecule has 68 valence electrons. The van der Waals surface area contributed by atoms with Crippen LogP contribution in [-0.2, 0) is 14.2 Å². The number of rotatable bonds is 4. The lowest BCUT2D eigenvalue weighted by Gasteiger charge is -2.02. The Labute approximate surface area is 67.4 Å². The van der Waals surface area contributed by atoms with Crippen LogP contribution in [0.2, 0.25) is 0 Å². The maximum atomic E-state index is 10.4. The average molecular weight is 164 g/mol. The molecular weight excluding hydrogens is 148 g/mol. The first-order valence-electron chi connectivity index (χ1n) is 3.09. The molecule has 0 unspecified atom stereocenters. The van der Waals surface area contributed by atoms with E-state index >= 15 is 0 Å². The van der Waals surface area contributed by atoms with E-state index in [9.17, 15) is 4.79 Å². The summed E-state index contributed by atoms with van der Waals surface area (Å²) in [6.45, 7) is 2.24. The second-order valence-corrected chi connectivity index (χ2v) is 1.65. The van der Waals surface area contributed by atoms with Crippen LogP contribution in [0.4, 0.5) is 4.79 Å². The first-order valence-corrected chi connectivity index (χ1v) is 3.09. The summed E-state index contributed by atoms with van der Waals surface area (Å²) in [5, 5.41) is 0. The smallest absolute Gasteiger partial charge is 0.434 e. The van der Waals surface area contributed by atoms with Gasteiger partial charge in [0.15, 0.2) is 6.79 Å². The van der Waals surface area contributed by atoms with Crippen molar-refractivity contribution in [2.45, 2.75) is 20.8 Å². The first kappa shape index (κ1) is 12.9. The van der Waals surface area contributed by atoms with Gasteiger partial charge in [0.05, 0.1) is 6.61 Å². The highest BCUT2D eigenvalue weighted by atomic mass is 16.8. The van der Waals surface area contributed by atoms with Gasteiger partial charge in [-0.15, -0.1) is 0 Å². The van der Waals surface area contributed by atoms with Crippen molar-refractivity contribution in [3.8, 4) is 0 Å². The van der Waals surface area contributed by atoms with Crippen LogP contribution < -0.4 is 0 Å². The molecule has 0 aromatic rings. The fourth-order valence-electron chi connectivity index (χ4n) is 0.334. The van der Waals surface area contributed by atoms with Crippen LogP contribution in [-0.4, -0.2) is 26.7 Å². The topological polar surface area (TPSA) is 44.8 Å². The third-order valence-corrected chi connectivity index (χ3v) is 0.719. The highest BCUT2D eigenvalue weighted by Gasteiger charge is 1.99. The lowest BCUT2D eigenvalue weighted by Crippen LogP contribution is -2.09. The predicted molar refractivity (Wildman–Crippen MR) is 41.3 cm³/mol. The van der Waals surface area contributed by atoms with E-state index in [4.69, 9.17) is 0 Å². The minimum absolute atomic E-state index is 0. The molecule has 0 rings (SSSR count). The molecule has 4 nitrogen and oxygen atoms in total. The second-order valence-electron chi connectivity index (χ2n) is 1.65. The van der Waals surface area contributed by atoms with Crippen LogP contribution >= 0.6 is 0 Å². The van der Waals surface area contributed by atoms with E-state index in [1.54, 1.807) is 0 Å². The van der Waals surface area contributed by atoms with Gasteiger partial charge in [-0.2, -0.15) is 0 Å². The molecule has 0 radical (unpaired) electrons. The monoisotopic (exact) mass is 164 g/mol. The predicted octanol–water partition coefficient (Wildman–Crippen LogP) is 1.79. The third-order valence-electron chi connectivity index (χ3n) is 0.719. The molecule has 0 aliphatic rings. The molecule has 0 saturated carbocycles. The largest absolute Gasteiger partial charge is 0.510 e. The Balaban J connectivity index is 0. The van der Waals surface area contributed by atoms with Gasteiger partial charge in [0, 0.05) is 7.11 Å². The zero-order chi connectivity index (χ0) is 7.82. The molecule has 0 heterocycles. The summed E-state index contributed by atoms with van der Waals surface area (Å²) in [5.41, 5.74) is 0. The van der Waals surface area contributed by atoms with Crippen molar-refractivity contribution in [1.82, 2.24) is 0 Å². The van der Waals surface area contributed by atoms with E-state index in [-0.39, 0.29) is 14.2 Å². The molecule has 0 amide bonds. The van der Waals surface area contributed by atoms with Gasteiger partial charge in [0.25, 0.3) is 0 Å². The van der Waals surface area contributed by atoms with Gasteiger partial charge in [0.2, 0.25) is 0 Å². The minimum Gasteiger partial charge on any atom is -0.434 e. The molecule has 11 heavy (non-hydrogen) atoms. The van der Waals surface area contributed by atoms with Crippen molar-refractivity contribution in [2.24, 2.45) is 0 Å². The zero-order valence-corrected chi connectivity index (χ0v) is 6.25. The Kier molecular flexibility index (Phi) is 10.8. The summed E-state index contributed by atoms with van der Waals surface area (Å²) in [6.07, 6.45) is 0.117. The van der Waals surface area contributed by atoms with E-state index < -0.39 is 6.16 Å². The molecule has 0 fully saturated rings. The van der Waals surface area contributed by atoms with Gasteiger partial charge in [-0.25, -0.2) is 4.79 Å². The van der Waals surface area contributed by atoms with Crippen LogP contribution in [0, 0.1) is 0 Å². The molecule has 4 heteroatoms. The van der Waals surface area contributed by atoms with Crippen molar-refractivity contribution < 1.29 is 19.0 Å². The molecule has 0 N–H and O–H groups in total. The normalized spacial score (nSPS) is 8.18. The molecular formula is C7H16O4. The Bertz CT molecular complexity index is 82.4. The number of hydrogen-bond acceptors (Lipinski definition) is 4. The summed E-state index contributed by atoms with van der Waals surface area (Å²) >= 11 is 0. The molecule has 0 aliphatic carbocycles. The van der Waals surface area contributed by atoms with Crippen molar-refractivity contribution in [3.63, 3.8) is 0 Å². The molecule has 0 bridgehead atoms. The molecule has 0 atom stereocenters. The molecule has 0 spiro atoms. The van der Waals surface area contributed by atoms with Gasteiger partial charge >= 0.3 is 6.16 Å². The fraction of sp³-hybridized carbons (Fsp3) is 0.857. The number of methoxy groups -OCH3 is 1. The van der Waals surface area contributed by atoms with Gasteiger partial charge in [0.1, 0.15) is 0 Å². The van der Waals surface area contributed by atoms with Gasteiger partial charge in [-0.3, -0.25) is 0 Å². The van der Waals surface area contributed by atoms with E-state index in [2.05, 4.69) is 14.2 Å². The van der Waals surface area contributed by atoms with Gasteiger partial charge in [-0.05, 0) is 6.42 Å². The Hall–Kier alpha value is -0.770. The third kappa shape index (κ3) is 9.23. The summed E-state index contributed by atoms with van der Waals surface area (Å²) in [4.78, 5) is 10.4. The Morgan fingerprint density at radius 1 is 1.36 bits per heavy atom. The first-order chi connectivity index (χ1) is 4.81. The zero-order valence-electron chi connectivity index (χ0n) is 6.25. The van der Waals surface area contributed by atoms with E-state index in [0.29, 0.717) is 6.61 Å². The maximum Gasteiger partial charge on any atom is 0.510 e. The van der Waals surface area contributed by atoms with E-state index in [1.165, 1.54) is 7.11 Å². The standard InChI is InChI=1S/C6H12O4.CH4/c1-3-4-9-6(7)10-5-8-2;/h3-5H2,1-2H3;1H4. The number of ether oxygens (including phenoxy) is 3. The molecule has 0 aliphatic heterocycles. The molecule has 0 aromatic carbocycles. The second kappa shape index (κ2) is 9.23. The molecule has 0 saturated heterocycles. The quantitative estimate of drug-likeness (QED) is 0.469. The van der Waals surface area contributed by atoms with Crippen LogP contribution in [0.25, 0.3) is 0 Å². The van der Waals surface area contributed by atoms with Crippen LogP contribution in [0.15, 0.2) is 0 Å². The summed E-state index contributed by atoms with van der Waals surface area (Å²) in [7, 11) is 1.44.